The summed E-state index contributed by atoms with van der Waals surface area (Å²) in [7, 11) is 0. The van der Waals surface area contributed by atoms with Crippen molar-refractivity contribution in [3.05, 3.63) is 0 Å². The van der Waals surface area contributed by atoms with Crippen LogP contribution in [0.3, 0.4) is 0 Å². The SMILES string of the molecule is CC(O)C(=O)O.O=COC=O. The monoisotopic (exact) mass is 164 g/mol. The van der Waals surface area contributed by atoms with Crippen LogP contribution in [0.4, 0.5) is 0 Å². The molecule has 0 aliphatic heterocycles. The van der Waals surface area contributed by atoms with E-state index in [2.05, 4.69) is 4.74 Å². The third-order valence-electron chi connectivity index (χ3n) is 0.469. The second-order valence-corrected chi connectivity index (χ2v) is 1.34. The second-order valence-electron chi connectivity index (χ2n) is 1.34. The molecule has 2 N–H and O–H groups in total. The summed E-state index contributed by atoms with van der Waals surface area (Å²) in [5.41, 5.74) is 0. The highest BCUT2D eigenvalue weighted by Gasteiger charge is 2.01. The van der Waals surface area contributed by atoms with Gasteiger partial charge in [-0.15, -0.1) is 0 Å². The number of hydrogen-bond donors (Lipinski definition) is 2. The van der Waals surface area contributed by atoms with Crippen molar-refractivity contribution < 1.29 is 29.3 Å². The molecule has 0 aromatic rings. The van der Waals surface area contributed by atoms with E-state index in [0.29, 0.717) is 0 Å². The number of rotatable bonds is 3. The zero-order valence-corrected chi connectivity index (χ0v) is 5.76. The fourth-order valence-electron chi connectivity index (χ4n) is 0.0227. The lowest BCUT2D eigenvalue weighted by molar-refractivity contribution is -0.145. The Morgan fingerprint density at radius 3 is 1.73 bits per heavy atom. The highest BCUT2D eigenvalue weighted by Crippen LogP contribution is 1.73. The minimum Gasteiger partial charge on any atom is -0.479 e. The molecule has 0 aromatic heterocycles. The van der Waals surface area contributed by atoms with Gasteiger partial charge in [-0.3, -0.25) is 9.59 Å². The number of carbonyl (C=O) groups excluding carboxylic acids is 2. The topological polar surface area (TPSA) is 101 Å². The maximum absolute atomic E-state index is 9.45. The maximum Gasteiger partial charge on any atom is 0.332 e. The standard InChI is InChI=1S/C3H6O3.C2H2O3/c1-2(4)3(5)6;3-1-5-2-4/h2,4H,1H3,(H,5,6);1-2H. The van der Waals surface area contributed by atoms with Crippen molar-refractivity contribution in [3.63, 3.8) is 0 Å². The predicted molar refractivity (Wildman–Crippen MR) is 32.5 cm³/mol. The average Bonchev–Trinajstić information content (AvgIpc) is 1.90. The normalized spacial score (nSPS) is 10.0. The van der Waals surface area contributed by atoms with E-state index >= 15 is 0 Å². The third kappa shape index (κ3) is 17.7. The van der Waals surface area contributed by atoms with Crippen molar-refractivity contribution in [2.45, 2.75) is 13.0 Å². The van der Waals surface area contributed by atoms with Gasteiger partial charge < -0.3 is 14.9 Å². The molecule has 6 heteroatoms. The number of aliphatic hydroxyl groups is 1. The van der Waals surface area contributed by atoms with Crippen molar-refractivity contribution in [1.82, 2.24) is 0 Å². The number of ether oxygens (including phenoxy) is 1. The van der Waals surface area contributed by atoms with Crippen LogP contribution in [-0.4, -0.2) is 35.2 Å². The Labute approximate surface area is 62.4 Å². The van der Waals surface area contributed by atoms with Gasteiger partial charge in [-0.25, -0.2) is 4.79 Å². The van der Waals surface area contributed by atoms with Crippen LogP contribution in [0.2, 0.25) is 0 Å². The van der Waals surface area contributed by atoms with E-state index < -0.39 is 12.1 Å². The molecule has 0 bridgehead atoms. The molecule has 6 nitrogen and oxygen atoms in total. The van der Waals surface area contributed by atoms with Gasteiger partial charge in [-0.1, -0.05) is 0 Å². The lowest BCUT2D eigenvalue weighted by Gasteiger charge is -1.89. The summed E-state index contributed by atoms with van der Waals surface area (Å²) < 4.78 is 3.47. The molecule has 1 atom stereocenters. The number of carbonyl (C=O) groups is 3. The van der Waals surface area contributed by atoms with E-state index in [1.165, 1.54) is 6.92 Å². The molecule has 64 valence electrons. The quantitative estimate of drug-likeness (QED) is 0.400. The molecule has 0 fully saturated rings. The number of hydrogen-bond acceptors (Lipinski definition) is 5. The molecule has 0 heterocycles. The number of aliphatic carboxylic acids is 1. The van der Waals surface area contributed by atoms with Crippen LogP contribution in [0.25, 0.3) is 0 Å². The maximum atomic E-state index is 9.45. The molecule has 0 saturated heterocycles. The van der Waals surface area contributed by atoms with Gasteiger partial charge in [0.05, 0.1) is 0 Å². The van der Waals surface area contributed by atoms with Crippen molar-refractivity contribution in [2.24, 2.45) is 0 Å². The zero-order chi connectivity index (χ0) is 9.28. The first-order valence-electron chi connectivity index (χ1n) is 2.49. The Kier molecular flexibility index (Phi) is 9.56. The largest absolute Gasteiger partial charge is 0.479 e. The minimum atomic E-state index is -1.23. The molecule has 0 rings (SSSR count). The van der Waals surface area contributed by atoms with Gasteiger partial charge in [-0.05, 0) is 6.92 Å². The first-order chi connectivity index (χ1) is 5.06. The number of carboxylic acids is 1. The zero-order valence-electron chi connectivity index (χ0n) is 5.76. The minimum absolute atomic E-state index is 0.0625. The highest BCUT2D eigenvalue weighted by atomic mass is 16.6. The molecular formula is C5H8O6. The first-order valence-corrected chi connectivity index (χ1v) is 2.49. The average molecular weight is 164 g/mol. The second kappa shape index (κ2) is 8.57. The molecule has 0 amide bonds. The molecule has 0 aliphatic carbocycles. The van der Waals surface area contributed by atoms with Crippen LogP contribution >= 0.6 is 0 Å². The van der Waals surface area contributed by atoms with Gasteiger partial charge >= 0.3 is 18.9 Å². The molecule has 11 heavy (non-hydrogen) atoms. The molecular weight excluding hydrogens is 156 g/mol. The van der Waals surface area contributed by atoms with Crippen molar-refractivity contribution in [2.75, 3.05) is 0 Å². The van der Waals surface area contributed by atoms with Crippen molar-refractivity contribution in [1.29, 1.82) is 0 Å². The summed E-state index contributed by atoms with van der Waals surface area (Å²) in [6, 6.07) is 0. The molecule has 0 aliphatic rings. The van der Waals surface area contributed by atoms with Gasteiger partial charge in [0.1, 0.15) is 6.10 Å². The summed E-state index contributed by atoms with van der Waals surface area (Å²) in [6.45, 7) is 1.32. The van der Waals surface area contributed by atoms with Gasteiger partial charge in [0.15, 0.2) is 0 Å². The van der Waals surface area contributed by atoms with Crippen LogP contribution < -0.4 is 0 Å². The fraction of sp³-hybridized carbons (Fsp3) is 0.400. The van der Waals surface area contributed by atoms with Crippen LogP contribution in [0.5, 0.6) is 0 Å². The summed E-state index contributed by atoms with van der Waals surface area (Å²) in [6.07, 6.45) is -1.23. The molecule has 0 saturated carbocycles. The Bertz CT molecular complexity index is 123. The summed E-state index contributed by atoms with van der Waals surface area (Å²) in [4.78, 5) is 27.4. The van der Waals surface area contributed by atoms with E-state index in [9.17, 15) is 4.79 Å². The Balaban J connectivity index is 0. The Morgan fingerprint density at radius 2 is 1.73 bits per heavy atom. The van der Waals surface area contributed by atoms with Gasteiger partial charge in [0, 0.05) is 0 Å². The van der Waals surface area contributed by atoms with Gasteiger partial charge in [0.25, 0.3) is 0 Å². The smallest absolute Gasteiger partial charge is 0.332 e. The van der Waals surface area contributed by atoms with Crippen LogP contribution in [-0.2, 0) is 19.1 Å². The lowest BCUT2D eigenvalue weighted by Crippen LogP contribution is -2.13. The Hall–Kier alpha value is -1.43. The van der Waals surface area contributed by atoms with Crippen LogP contribution in [0.1, 0.15) is 6.92 Å². The summed E-state index contributed by atoms with van der Waals surface area (Å²) in [5, 5.41) is 15.8. The molecule has 1 unspecified atom stereocenters. The summed E-state index contributed by atoms with van der Waals surface area (Å²) in [5.74, 6) is -1.19. The van der Waals surface area contributed by atoms with E-state index in [1.54, 1.807) is 0 Å². The fourth-order valence-corrected chi connectivity index (χ4v) is 0.0227. The van der Waals surface area contributed by atoms with E-state index in [0.717, 1.165) is 0 Å². The van der Waals surface area contributed by atoms with Gasteiger partial charge in [-0.2, -0.15) is 0 Å². The lowest BCUT2D eigenvalue weighted by atomic mass is 10.4. The van der Waals surface area contributed by atoms with Crippen LogP contribution in [0, 0.1) is 0 Å². The molecule has 0 aromatic carbocycles. The van der Waals surface area contributed by atoms with E-state index in [-0.39, 0.29) is 12.9 Å². The van der Waals surface area contributed by atoms with Crippen molar-refractivity contribution in [3.8, 4) is 0 Å². The first kappa shape index (κ1) is 12.3. The summed E-state index contributed by atoms with van der Waals surface area (Å²) >= 11 is 0. The number of carboxylic acid groups (broad SMARTS) is 1. The van der Waals surface area contributed by atoms with Gasteiger partial charge in [0.2, 0.25) is 0 Å². The highest BCUT2D eigenvalue weighted by molar-refractivity contribution is 5.71. The predicted octanol–water partition coefficient (Wildman–Crippen LogP) is -1.23. The van der Waals surface area contributed by atoms with E-state index in [1.807, 2.05) is 0 Å². The molecule has 0 radical (unpaired) electrons. The van der Waals surface area contributed by atoms with Crippen LogP contribution in [0.15, 0.2) is 0 Å². The van der Waals surface area contributed by atoms with E-state index in [4.69, 9.17) is 19.8 Å². The third-order valence-corrected chi connectivity index (χ3v) is 0.469. The molecule has 0 spiro atoms. The Morgan fingerprint density at radius 1 is 1.45 bits per heavy atom. The number of aliphatic hydroxyl groups excluding tert-OH is 1. The van der Waals surface area contributed by atoms with Crippen molar-refractivity contribution >= 4 is 18.9 Å².